The van der Waals surface area contributed by atoms with Crippen LogP contribution >= 0.6 is 0 Å². The largest absolute Gasteiger partial charge is 0.480 e. The molecule has 0 rings (SSSR count). The second-order valence-corrected chi connectivity index (χ2v) is 11.8. The lowest BCUT2D eigenvalue weighted by Crippen LogP contribution is -2.59. The third-order valence-corrected chi connectivity index (χ3v) is 6.33. The van der Waals surface area contributed by atoms with Crippen LogP contribution in [0.1, 0.15) is 12.8 Å². The molecule has 0 saturated carbocycles. The van der Waals surface area contributed by atoms with E-state index in [9.17, 15) is 54.0 Å². The normalized spacial score (nSPS) is 15.3. The summed E-state index contributed by atoms with van der Waals surface area (Å²) in [5, 5.41) is 13.8. The van der Waals surface area contributed by atoms with Crippen molar-refractivity contribution in [2.24, 2.45) is 5.92 Å². The van der Waals surface area contributed by atoms with Gasteiger partial charge in [-0.3, -0.25) is 28.0 Å². The Hall–Kier alpha value is -3.05. The van der Waals surface area contributed by atoms with E-state index in [1.807, 2.05) is 0 Å². The van der Waals surface area contributed by atoms with Crippen LogP contribution in [0.25, 0.3) is 0 Å². The van der Waals surface area contributed by atoms with Crippen molar-refractivity contribution < 1.29 is 72.8 Å². The number of carbonyl (C=O) groups is 6. The predicted octanol–water partition coefficient (Wildman–Crippen LogP) is -5.02. The molecule has 0 aliphatic carbocycles. The Bertz CT molecular complexity index is 1210. The van der Waals surface area contributed by atoms with Crippen molar-refractivity contribution in [3.8, 4) is 0 Å². The molecular formula is C15H23N3O16S3. The molecule has 4 atom stereocenters. The molecule has 0 saturated heterocycles. The summed E-state index contributed by atoms with van der Waals surface area (Å²) in [6.07, 6.45) is -0.650. The predicted molar refractivity (Wildman–Crippen MR) is 118 cm³/mol. The highest BCUT2D eigenvalue weighted by molar-refractivity contribution is 7.86. The first-order chi connectivity index (χ1) is 16.7. The molecule has 22 heteroatoms. The average Bonchev–Trinajstić information content (AvgIpc) is 2.68. The highest BCUT2D eigenvalue weighted by Gasteiger charge is 2.35. The van der Waals surface area contributed by atoms with Crippen LogP contribution in [0.2, 0.25) is 0 Å². The Kier molecular flexibility index (Phi) is 12.9. The van der Waals surface area contributed by atoms with Gasteiger partial charge in [0.2, 0.25) is 17.7 Å². The van der Waals surface area contributed by atoms with Crippen LogP contribution in [0, 0.1) is 5.92 Å². The van der Waals surface area contributed by atoms with E-state index >= 15 is 0 Å². The molecule has 0 aromatic carbocycles. The monoisotopic (exact) mass is 597 g/mol. The van der Waals surface area contributed by atoms with E-state index in [0.717, 1.165) is 0 Å². The number of amides is 3. The van der Waals surface area contributed by atoms with Crippen molar-refractivity contribution in [3.05, 3.63) is 0 Å². The molecule has 0 radical (unpaired) electrons. The third-order valence-electron chi connectivity index (χ3n) is 4.07. The molecule has 0 aliphatic heterocycles. The molecule has 7 N–H and O–H groups in total. The fraction of sp³-hybridized carbons (Fsp3) is 0.600. The van der Waals surface area contributed by atoms with Gasteiger partial charge in [0.05, 0.1) is 0 Å². The smallest absolute Gasteiger partial charge is 0.327 e. The number of rotatable bonds is 17. The maximum Gasteiger partial charge on any atom is 0.327 e. The standard InChI is InChI=1S/C15H23N3O16S3/c19-2-1-8(4-20)3-12(21)16-9(5-35(26,27)28)13(22)17-10(6-36(29,30)31)14(23)18-11(15(24)25)7-37(32,33)34/h2,4,8-11H,1,3,5-7H2,(H,16,21)(H,17,22)(H,18,23)(H,24,25)(H,26,27,28)(H,29,30,31)(H,32,33,34)/t8?,9-,10-,11-/m1/s1. The van der Waals surface area contributed by atoms with Gasteiger partial charge >= 0.3 is 5.97 Å². The van der Waals surface area contributed by atoms with E-state index < -0.39 is 108 Å². The molecule has 0 fully saturated rings. The molecule has 0 spiro atoms. The molecule has 0 aromatic rings. The molecule has 1 unspecified atom stereocenters. The van der Waals surface area contributed by atoms with Crippen LogP contribution in [0.5, 0.6) is 0 Å². The summed E-state index contributed by atoms with van der Waals surface area (Å²) in [5.74, 6) is -12.6. The Balaban J connectivity index is 5.96. The van der Waals surface area contributed by atoms with Gasteiger partial charge in [-0.2, -0.15) is 25.3 Å². The number of aliphatic carboxylic acids is 1. The van der Waals surface area contributed by atoms with Crippen molar-refractivity contribution in [2.75, 3.05) is 17.3 Å². The van der Waals surface area contributed by atoms with Crippen molar-refractivity contribution in [2.45, 2.75) is 31.0 Å². The van der Waals surface area contributed by atoms with Gasteiger partial charge in [-0.25, -0.2) is 4.79 Å². The minimum absolute atomic E-state index is 0.212. The van der Waals surface area contributed by atoms with Crippen LogP contribution in [0.3, 0.4) is 0 Å². The molecule has 0 heterocycles. The molecule has 0 bridgehead atoms. The van der Waals surface area contributed by atoms with Crippen LogP contribution in [0.4, 0.5) is 0 Å². The van der Waals surface area contributed by atoms with Crippen LogP contribution in [-0.2, 0) is 59.1 Å². The van der Waals surface area contributed by atoms with Crippen LogP contribution < -0.4 is 16.0 Å². The first-order valence-corrected chi connectivity index (χ1v) is 14.4. The first-order valence-electron chi connectivity index (χ1n) is 9.54. The second kappa shape index (κ2) is 14.0. The fourth-order valence-electron chi connectivity index (χ4n) is 2.52. The summed E-state index contributed by atoms with van der Waals surface area (Å²) >= 11 is 0. The molecule has 3 amide bonds. The summed E-state index contributed by atoms with van der Waals surface area (Å²) < 4.78 is 93.9. The van der Waals surface area contributed by atoms with Gasteiger partial charge in [0.25, 0.3) is 30.4 Å². The fourth-order valence-corrected chi connectivity index (χ4v) is 4.48. The zero-order valence-electron chi connectivity index (χ0n) is 18.4. The number of carboxylic acids is 1. The van der Waals surface area contributed by atoms with Gasteiger partial charge in [-0.1, -0.05) is 0 Å². The average molecular weight is 598 g/mol. The van der Waals surface area contributed by atoms with E-state index in [-0.39, 0.29) is 6.29 Å². The minimum Gasteiger partial charge on any atom is -0.480 e. The topological polar surface area (TPSA) is 322 Å². The molecule has 19 nitrogen and oxygen atoms in total. The van der Waals surface area contributed by atoms with E-state index in [4.69, 9.17) is 18.8 Å². The van der Waals surface area contributed by atoms with Gasteiger partial charge in [-0.15, -0.1) is 0 Å². The molecule has 212 valence electrons. The van der Waals surface area contributed by atoms with Gasteiger partial charge < -0.3 is 30.6 Å². The lowest BCUT2D eigenvalue weighted by atomic mass is 10.0. The SMILES string of the molecule is O=CCC(C=O)CC(=O)N[C@H](CS(=O)(=O)O)C(=O)N[C@H](CS(=O)(=O)O)C(=O)N[C@H](CS(=O)(=O)O)C(=O)O. The van der Waals surface area contributed by atoms with Gasteiger partial charge in [0, 0.05) is 18.8 Å². The molecular weight excluding hydrogens is 574 g/mol. The maximum absolute atomic E-state index is 12.6. The number of carboxylic acid groups (broad SMARTS) is 1. The highest BCUT2D eigenvalue weighted by atomic mass is 32.2. The Morgan fingerprint density at radius 2 is 1.05 bits per heavy atom. The number of hydrogen-bond acceptors (Lipinski definition) is 12. The van der Waals surface area contributed by atoms with Crippen molar-refractivity contribution >= 4 is 66.6 Å². The first kappa shape index (κ1) is 34.0. The molecule has 37 heavy (non-hydrogen) atoms. The minimum atomic E-state index is -5.13. The molecule has 0 aliphatic rings. The summed E-state index contributed by atoms with van der Waals surface area (Å²) in [6.45, 7) is 0. The van der Waals surface area contributed by atoms with E-state index in [0.29, 0.717) is 6.29 Å². The van der Waals surface area contributed by atoms with Crippen molar-refractivity contribution in [3.63, 3.8) is 0 Å². The Labute approximate surface area is 209 Å². The second-order valence-electron chi connectivity index (χ2n) is 7.33. The van der Waals surface area contributed by atoms with Gasteiger partial charge in [-0.05, 0) is 0 Å². The zero-order valence-corrected chi connectivity index (χ0v) is 20.9. The van der Waals surface area contributed by atoms with E-state index in [1.165, 1.54) is 5.32 Å². The van der Waals surface area contributed by atoms with Crippen LogP contribution in [-0.4, -0.2) is 116 Å². The number of aldehydes is 2. The Morgan fingerprint density at radius 3 is 1.41 bits per heavy atom. The number of carbonyl (C=O) groups excluding carboxylic acids is 5. The summed E-state index contributed by atoms with van der Waals surface area (Å²) in [7, 11) is -15.2. The maximum atomic E-state index is 12.6. The summed E-state index contributed by atoms with van der Waals surface area (Å²) in [4.78, 5) is 69.6. The lowest BCUT2D eigenvalue weighted by Gasteiger charge is -2.23. The lowest BCUT2D eigenvalue weighted by molar-refractivity contribution is -0.141. The Morgan fingerprint density at radius 1 is 0.676 bits per heavy atom. The molecule has 0 aromatic heterocycles. The summed E-state index contributed by atoms with van der Waals surface area (Å²) in [5.41, 5.74) is 0. The number of nitrogens with one attached hydrogen (secondary N) is 3. The van der Waals surface area contributed by atoms with Crippen LogP contribution in [0.15, 0.2) is 0 Å². The zero-order chi connectivity index (χ0) is 29.2. The number of hydrogen-bond donors (Lipinski definition) is 7. The van der Waals surface area contributed by atoms with E-state index in [1.54, 1.807) is 10.6 Å². The van der Waals surface area contributed by atoms with Gasteiger partial charge in [0.1, 0.15) is 48.0 Å². The third kappa shape index (κ3) is 15.6. The van der Waals surface area contributed by atoms with Crippen molar-refractivity contribution in [1.82, 2.24) is 16.0 Å². The van der Waals surface area contributed by atoms with Crippen molar-refractivity contribution in [1.29, 1.82) is 0 Å². The van der Waals surface area contributed by atoms with Gasteiger partial charge in [0.15, 0.2) is 0 Å². The highest BCUT2D eigenvalue weighted by Crippen LogP contribution is 2.05. The summed E-state index contributed by atoms with van der Waals surface area (Å²) in [6, 6.07) is -7.06. The quantitative estimate of drug-likeness (QED) is 0.0609. The van der Waals surface area contributed by atoms with E-state index in [2.05, 4.69) is 0 Å².